The van der Waals surface area contributed by atoms with E-state index in [0.29, 0.717) is 0 Å². The molecule has 0 aliphatic heterocycles. The Kier molecular flexibility index (Phi) is 2.55. The second-order valence-corrected chi connectivity index (χ2v) is 5.14. The number of fused-ring (bicyclic) bond motifs is 1. The Hall–Kier alpha value is -1.89. The highest BCUT2D eigenvalue weighted by atomic mass is 16.1. The second kappa shape index (κ2) is 4.09. The Morgan fingerprint density at radius 3 is 2.61 bits per heavy atom. The number of rotatable bonds is 2. The van der Waals surface area contributed by atoms with Crippen molar-refractivity contribution in [3.05, 3.63) is 70.3 Å². The quantitative estimate of drug-likeness (QED) is 0.724. The third-order valence-electron chi connectivity index (χ3n) is 3.82. The lowest BCUT2D eigenvalue weighted by molar-refractivity contribution is 0.0948. The van der Waals surface area contributed by atoms with Gasteiger partial charge in [0.05, 0.1) is 5.92 Å². The smallest absolute Gasteiger partial charge is 0.170 e. The van der Waals surface area contributed by atoms with E-state index in [1.807, 2.05) is 31.2 Å². The van der Waals surface area contributed by atoms with Gasteiger partial charge in [0.2, 0.25) is 0 Å². The van der Waals surface area contributed by atoms with Gasteiger partial charge in [-0.05, 0) is 37.0 Å². The van der Waals surface area contributed by atoms with E-state index in [-0.39, 0.29) is 11.7 Å². The molecule has 90 valence electrons. The zero-order chi connectivity index (χ0) is 12.7. The first-order valence-electron chi connectivity index (χ1n) is 6.36. The van der Waals surface area contributed by atoms with Crippen LogP contribution < -0.4 is 0 Å². The molecule has 0 amide bonds. The summed E-state index contributed by atoms with van der Waals surface area (Å²) in [6.07, 6.45) is 0.891. The molecule has 0 aromatic heterocycles. The average Bonchev–Trinajstić information content (AvgIpc) is 2.30. The average molecular weight is 236 g/mol. The van der Waals surface area contributed by atoms with Crippen molar-refractivity contribution < 1.29 is 4.79 Å². The third kappa shape index (κ3) is 1.67. The van der Waals surface area contributed by atoms with E-state index < -0.39 is 0 Å². The minimum absolute atomic E-state index is 0.0719. The molecular formula is C17H16O. The van der Waals surface area contributed by atoms with Gasteiger partial charge in [0, 0.05) is 5.56 Å². The van der Waals surface area contributed by atoms with Crippen LogP contribution in [0.15, 0.2) is 42.5 Å². The van der Waals surface area contributed by atoms with Crippen LogP contribution in [0, 0.1) is 13.8 Å². The fourth-order valence-electron chi connectivity index (χ4n) is 2.77. The van der Waals surface area contributed by atoms with Crippen molar-refractivity contribution in [2.24, 2.45) is 0 Å². The number of hydrogen-bond acceptors (Lipinski definition) is 1. The Bertz CT molecular complexity index is 625. The standard InChI is InChI=1S/C17H16O/c1-11-7-8-14(12(2)9-11)17(18)16-10-13-5-3-4-6-15(13)16/h3-9,16H,10H2,1-2H3. The van der Waals surface area contributed by atoms with E-state index >= 15 is 0 Å². The van der Waals surface area contributed by atoms with Gasteiger partial charge in [0.25, 0.3) is 0 Å². The molecule has 0 spiro atoms. The van der Waals surface area contributed by atoms with Gasteiger partial charge >= 0.3 is 0 Å². The maximum absolute atomic E-state index is 12.5. The monoisotopic (exact) mass is 236 g/mol. The van der Waals surface area contributed by atoms with Gasteiger partial charge in [-0.25, -0.2) is 0 Å². The predicted octanol–water partition coefficient (Wildman–Crippen LogP) is 3.83. The number of carbonyl (C=O) groups excluding carboxylic acids is 1. The van der Waals surface area contributed by atoms with E-state index in [1.165, 1.54) is 16.7 Å². The summed E-state index contributed by atoms with van der Waals surface area (Å²) < 4.78 is 0. The lowest BCUT2D eigenvalue weighted by Gasteiger charge is -2.29. The fraction of sp³-hybridized carbons (Fsp3) is 0.235. The molecule has 3 rings (SSSR count). The van der Waals surface area contributed by atoms with E-state index in [0.717, 1.165) is 17.5 Å². The minimum atomic E-state index is 0.0719. The Balaban J connectivity index is 1.94. The van der Waals surface area contributed by atoms with Crippen LogP contribution in [0.5, 0.6) is 0 Å². The molecule has 1 aliphatic rings. The lowest BCUT2D eigenvalue weighted by Crippen LogP contribution is -2.25. The summed E-state index contributed by atoms with van der Waals surface area (Å²) in [6.45, 7) is 4.07. The van der Waals surface area contributed by atoms with Crippen LogP contribution in [0.4, 0.5) is 0 Å². The molecule has 2 aromatic rings. The highest BCUT2D eigenvalue weighted by Gasteiger charge is 2.32. The Morgan fingerprint density at radius 1 is 1.11 bits per heavy atom. The lowest BCUT2D eigenvalue weighted by atomic mass is 9.73. The molecule has 18 heavy (non-hydrogen) atoms. The Labute approximate surface area is 107 Å². The minimum Gasteiger partial charge on any atom is -0.293 e. The zero-order valence-corrected chi connectivity index (χ0v) is 10.7. The van der Waals surface area contributed by atoms with Crippen LogP contribution in [-0.4, -0.2) is 5.78 Å². The van der Waals surface area contributed by atoms with E-state index in [9.17, 15) is 4.79 Å². The molecule has 1 unspecified atom stereocenters. The van der Waals surface area contributed by atoms with Crippen molar-refractivity contribution in [1.82, 2.24) is 0 Å². The fourth-order valence-corrected chi connectivity index (χ4v) is 2.77. The summed E-state index contributed by atoms with van der Waals surface area (Å²) in [7, 11) is 0. The van der Waals surface area contributed by atoms with Crippen LogP contribution in [0.3, 0.4) is 0 Å². The van der Waals surface area contributed by atoms with Gasteiger partial charge in [-0.3, -0.25) is 4.79 Å². The van der Waals surface area contributed by atoms with Crippen molar-refractivity contribution >= 4 is 5.78 Å². The van der Waals surface area contributed by atoms with Gasteiger partial charge in [-0.2, -0.15) is 0 Å². The largest absolute Gasteiger partial charge is 0.293 e. The molecule has 1 aliphatic carbocycles. The van der Waals surface area contributed by atoms with Crippen LogP contribution in [0.25, 0.3) is 0 Å². The summed E-state index contributed by atoms with van der Waals surface area (Å²) in [5, 5.41) is 0. The summed E-state index contributed by atoms with van der Waals surface area (Å²) in [6, 6.07) is 14.3. The van der Waals surface area contributed by atoms with Gasteiger partial charge in [-0.15, -0.1) is 0 Å². The van der Waals surface area contributed by atoms with Gasteiger partial charge < -0.3 is 0 Å². The summed E-state index contributed by atoms with van der Waals surface area (Å²) in [4.78, 5) is 12.5. The van der Waals surface area contributed by atoms with E-state index in [2.05, 4.69) is 25.1 Å². The molecule has 2 aromatic carbocycles. The molecule has 0 saturated carbocycles. The molecular weight excluding hydrogens is 220 g/mol. The molecule has 0 heterocycles. The Morgan fingerprint density at radius 2 is 1.89 bits per heavy atom. The zero-order valence-electron chi connectivity index (χ0n) is 10.7. The van der Waals surface area contributed by atoms with Crippen molar-refractivity contribution in [3.63, 3.8) is 0 Å². The topological polar surface area (TPSA) is 17.1 Å². The maximum atomic E-state index is 12.5. The van der Waals surface area contributed by atoms with E-state index in [1.54, 1.807) is 0 Å². The highest BCUT2D eigenvalue weighted by molar-refractivity contribution is 6.03. The molecule has 1 nitrogen and oxygen atoms in total. The summed E-state index contributed by atoms with van der Waals surface area (Å²) in [5.74, 6) is 0.341. The SMILES string of the molecule is Cc1ccc(C(=O)C2Cc3ccccc32)c(C)c1. The molecule has 0 fully saturated rings. The van der Waals surface area contributed by atoms with Crippen LogP contribution in [0.2, 0.25) is 0 Å². The first-order chi connectivity index (χ1) is 8.66. The van der Waals surface area contributed by atoms with Crippen molar-refractivity contribution in [1.29, 1.82) is 0 Å². The normalized spacial score (nSPS) is 16.9. The van der Waals surface area contributed by atoms with Gasteiger partial charge in [0.15, 0.2) is 5.78 Å². The first-order valence-corrected chi connectivity index (χ1v) is 6.36. The van der Waals surface area contributed by atoms with Crippen molar-refractivity contribution in [3.8, 4) is 0 Å². The van der Waals surface area contributed by atoms with Crippen molar-refractivity contribution in [2.75, 3.05) is 0 Å². The van der Waals surface area contributed by atoms with Crippen LogP contribution in [-0.2, 0) is 6.42 Å². The molecule has 0 N–H and O–H groups in total. The van der Waals surface area contributed by atoms with Crippen LogP contribution >= 0.6 is 0 Å². The number of ketones is 1. The van der Waals surface area contributed by atoms with Gasteiger partial charge in [-0.1, -0.05) is 48.0 Å². The summed E-state index contributed by atoms with van der Waals surface area (Å²) in [5.41, 5.74) is 5.70. The third-order valence-corrected chi connectivity index (χ3v) is 3.82. The number of Topliss-reactive ketones (excluding diaryl/α,β-unsaturated/α-hetero) is 1. The number of carbonyl (C=O) groups is 1. The molecule has 1 heteroatoms. The maximum Gasteiger partial charge on any atom is 0.170 e. The highest BCUT2D eigenvalue weighted by Crippen LogP contribution is 2.37. The van der Waals surface area contributed by atoms with Gasteiger partial charge in [0.1, 0.15) is 0 Å². The molecule has 0 bridgehead atoms. The number of hydrogen-bond donors (Lipinski definition) is 0. The predicted molar refractivity (Wildman–Crippen MR) is 73.1 cm³/mol. The number of aryl methyl sites for hydroxylation is 2. The van der Waals surface area contributed by atoms with Crippen molar-refractivity contribution in [2.45, 2.75) is 26.2 Å². The number of benzene rings is 2. The first kappa shape index (κ1) is 11.2. The molecule has 1 atom stereocenters. The molecule has 0 radical (unpaired) electrons. The summed E-state index contributed by atoms with van der Waals surface area (Å²) >= 11 is 0. The molecule has 0 saturated heterocycles. The second-order valence-electron chi connectivity index (χ2n) is 5.14. The van der Waals surface area contributed by atoms with E-state index in [4.69, 9.17) is 0 Å². The van der Waals surface area contributed by atoms with Crippen LogP contribution in [0.1, 0.15) is 38.5 Å².